The molecule has 0 unspecified atom stereocenters. The Morgan fingerprint density at radius 1 is 1.15 bits per heavy atom. The molecule has 1 aliphatic heterocycles. The Hall–Kier alpha value is -2.11. The number of likely N-dealkylation sites (tertiary alicyclic amines) is 1. The van der Waals surface area contributed by atoms with Crippen LogP contribution in [0.5, 0.6) is 5.19 Å². The number of rotatable bonds is 4. The molecule has 4 nitrogen and oxygen atoms in total. The molecule has 1 aliphatic rings. The number of aromatic nitrogens is 1. The second-order valence-corrected chi connectivity index (χ2v) is 7.88. The van der Waals surface area contributed by atoms with Crippen LogP contribution in [0, 0.1) is 0 Å². The smallest absolute Gasteiger partial charge is 0.274 e. The lowest BCUT2D eigenvalue weighted by molar-refractivity contribution is -0.132. The van der Waals surface area contributed by atoms with Crippen molar-refractivity contribution in [1.82, 2.24) is 9.88 Å². The minimum absolute atomic E-state index is 0.121. The summed E-state index contributed by atoms with van der Waals surface area (Å²) in [6, 6.07) is 15.5. The third-order valence-electron chi connectivity index (χ3n) is 4.61. The van der Waals surface area contributed by atoms with Gasteiger partial charge in [0.25, 0.3) is 5.19 Å². The highest BCUT2D eigenvalue weighted by molar-refractivity contribution is 7.20. The van der Waals surface area contributed by atoms with Crippen LogP contribution in [0.3, 0.4) is 0 Å². The van der Waals surface area contributed by atoms with Gasteiger partial charge >= 0.3 is 0 Å². The maximum Gasteiger partial charge on any atom is 0.274 e. The third kappa shape index (κ3) is 4.00. The summed E-state index contributed by atoms with van der Waals surface area (Å²) in [6.07, 6.45) is 2.21. The highest BCUT2D eigenvalue weighted by atomic mass is 35.5. The Balaban J connectivity index is 1.30. The molecular formula is C20H19ClN2O2S. The van der Waals surface area contributed by atoms with Gasteiger partial charge in [0.15, 0.2) is 0 Å². The molecule has 0 spiro atoms. The van der Waals surface area contributed by atoms with Crippen LogP contribution in [0.4, 0.5) is 0 Å². The average molecular weight is 387 g/mol. The van der Waals surface area contributed by atoms with E-state index in [0.717, 1.165) is 46.9 Å². The predicted octanol–water partition coefficient (Wildman–Crippen LogP) is 4.56. The van der Waals surface area contributed by atoms with Crippen LogP contribution in [-0.4, -0.2) is 35.0 Å². The Labute approximate surface area is 161 Å². The van der Waals surface area contributed by atoms with Crippen molar-refractivity contribution in [1.29, 1.82) is 0 Å². The van der Waals surface area contributed by atoms with Crippen LogP contribution in [0.1, 0.15) is 18.4 Å². The van der Waals surface area contributed by atoms with Gasteiger partial charge in [-0.2, -0.15) is 0 Å². The number of thiazole rings is 1. The Bertz CT molecular complexity index is 869. The summed E-state index contributed by atoms with van der Waals surface area (Å²) in [6.45, 7) is 1.45. The molecule has 4 rings (SSSR count). The van der Waals surface area contributed by atoms with Crippen molar-refractivity contribution in [2.24, 2.45) is 0 Å². The van der Waals surface area contributed by atoms with Crippen LogP contribution in [0.25, 0.3) is 10.2 Å². The zero-order chi connectivity index (χ0) is 17.9. The van der Waals surface area contributed by atoms with E-state index in [-0.39, 0.29) is 12.0 Å². The van der Waals surface area contributed by atoms with Gasteiger partial charge in [0, 0.05) is 31.0 Å². The van der Waals surface area contributed by atoms with Crippen LogP contribution in [0.15, 0.2) is 48.5 Å². The van der Waals surface area contributed by atoms with E-state index in [1.807, 2.05) is 47.4 Å². The molecule has 1 fully saturated rings. The first-order valence-corrected chi connectivity index (χ1v) is 9.91. The van der Waals surface area contributed by atoms with Crippen molar-refractivity contribution in [2.75, 3.05) is 13.1 Å². The summed E-state index contributed by atoms with van der Waals surface area (Å²) in [7, 11) is 0. The molecule has 6 heteroatoms. The molecule has 2 aromatic carbocycles. The highest BCUT2D eigenvalue weighted by Crippen LogP contribution is 2.29. The number of ether oxygens (including phenoxy) is 1. The SMILES string of the molecule is O=C(Cc1ccc(Cl)cc1)N1CCC(Oc2nc3ccccc3s2)CC1. The van der Waals surface area contributed by atoms with Crippen LogP contribution >= 0.6 is 22.9 Å². The fourth-order valence-electron chi connectivity index (χ4n) is 3.16. The Morgan fingerprint density at radius 3 is 2.62 bits per heavy atom. The number of hydrogen-bond acceptors (Lipinski definition) is 4. The number of halogens is 1. The van der Waals surface area contributed by atoms with E-state index in [1.54, 1.807) is 11.3 Å². The zero-order valence-corrected chi connectivity index (χ0v) is 15.8. The Morgan fingerprint density at radius 2 is 1.88 bits per heavy atom. The van der Waals surface area contributed by atoms with Gasteiger partial charge < -0.3 is 9.64 Å². The minimum Gasteiger partial charge on any atom is -0.467 e. The first-order chi connectivity index (χ1) is 12.7. The fraction of sp³-hybridized carbons (Fsp3) is 0.300. The highest BCUT2D eigenvalue weighted by Gasteiger charge is 2.24. The van der Waals surface area contributed by atoms with E-state index in [2.05, 4.69) is 11.1 Å². The lowest BCUT2D eigenvalue weighted by atomic mass is 10.1. The molecule has 0 atom stereocenters. The first kappa shape index (κ1) is 17.3. The number of fused-ring (bicyclic) bond motifs is 1. The predicted molar refractivity (Wildman–Crippen MR) is 105 cm³/mol. The molecule has 0 aliphatic carbocycles. The second-order valence-electron chi connectivity index (χ2n) is 6.45. The topological polar surface area (TPSA) is 42.4 Å². The lowest BCUT2D eigenvalue weighted by Gasteiger charge is -2.31. The standard InChI is InChI=1S/C20H19ClN2O2S/c21-15-7-5-14(6-8-15)13-19(24)23-11-9-16(10-12-23)25-20-22-17-3-1-2-4-18(17)26-20/h1-8,16H,9-13H2. The van der Waals surface area contributed by atoms with Crippen molar-refractivity contribution in [3.63, 3.8) is 0 Å². The van der Waals surface area contributed by atoms with Crippen molar-refractivity contribution in [2.45, 2.75) is 25.4 Å². The number of para-hydroxylation sites is 1. The molecule has 26 heavy (non-hydrogen) atoms. The van der Waals surface area contributed by atoms with Gasteiger partial charge in [-0.3, -0.25) is 4.79 Å². The van der Waals surface area contributed by atoms with Crippen LogP contribution in [-0.2, 0) is 11.2 Å². The van der Waals surface area contributed by atoms with Gasteiger partial charge in [0.2, 0.25) is 5.91 Å². The summed E-state index contributed by atoms with van der Waals surface area (Å²) >= 11 is 7.47. The maximum atomic E-state index is 12.5. The number of hydrogen-bond donors (Lipinski definition) is 0. The summed E-state index contributed by atoms with van der Waals surface area (Å²) in [4.78, 5) is 18.9. The Kier molecular flexibility index (Phi) is 5.09. The van der Waals surface area contributed by atoms with Crippen molar-refractivity contribution < 1.29 is 9.53 Å². The first-order valence-electron chi connectivity index (χ1n) is 8.72. The molecule has 0 saturated carbocycles. The molecule has 2 heterocycles. The van der Waals surface area contributed by atoms with E-state index in [4.69, 9.17) is 16.3 Å². The van der Waals surface area contributed by atoms with E-state index >= 15 is 0 Å². The summed E-state index contributed by atoms with van der Waals surface area (Å²) in [5.74, 6) is 0.158. The van der Waals surface area contributed by atoms with Gasteiger partial charge in [-0.1, -0.05) is 47.2 Å². The van der Waals surface area contributed by atoms with Crippen molar-refractivity contribution in [3.05, 3.63) is 59.1 Å². The van der Waals surface area contributed by atoms with E-state index in [0.29, 0.717) is 11.4 Å². The summed E-state index contributed by atoms with van der Waals surface area (Å²) in [5, 5.41) is 1.41. The molecule has 134 valence electrons. The largest absolute Gasteiger partial charge is 0.467 e. The maximum absolute atomic E-state index is 12.5. The molecule has 1 amide bonds. The number of nitrogens with zero attached hydrogens (tertiary/aromatic N) is 2. The van der Waals surface area contributed by atoms with E-state index in [9.17, 15) is 4.79 Å². The molecule has 0 radical (unpaired) electrons. The van der Waals surface area contributed by atoms with Crippen LogP contribution in [0.2, 0.25) is 5.02 Å². The molecule has 1 saturated heterocycles. The quantitative estimate of drug-likeness (QED) is 0.660. The van der Waals surface area contributed by atoms with Crippen molar-refractivity contribution >= 4 is 39.1 Å². The zero-order valence-electron chi connectivity index (χ0n) is 14.2. The summed E-state index contributed by atoms with van der Waals surface area (Å²) < 4.78 is 7.19. The minimum atomic E-state index is 0.121. The number of benzene rings is 2. The molecular weight excluding hydrogens is 368 g/mol. The average Bonchev–Trinajstić information content (AvgIpc) is 3.06. The normalized spacial score (nSPS) is 15.3. The fourth-order valence-corrected chi connectivity index (χ4v) is 4.16. The van der Waals surface area contributed by atoms with E-state index in [1.165, 1.54) is 0 Å². The summed E-state index contributed by atoms with van der Waals surface area (Å²) in [5.41, 5.74) is 1.97. The molecule has 0 N–H and O–H groups in total. The molecule has 1 aromatic heterocycles. The van der Waals surface area contributed by atoms with Crippen molar-refractivity contribution in [3.8, 4) is 5.19 Å². The van der Waals surface area contributed by atoms with Gasteiger partial charge in [0.1, 0.15) is 6.10 Å². The van der Waals surface area contributed by atoms with Gasteiger partial charge in [0.05, 0.1) is 16.6 Å². The van der Waals surface area contributed by atoms with Gasteiger partial charge in [-0.05, 0) is 29.8 Å². The number of piperidine rings is 1. The van der Waals surface area contributed by atoms with Crippen LogP contribution < -0.4 is 4.74 Å². The number of amides is 1. The van der Waals surface area contributed by atoms with Gasteiger partial charge in [-0.15, -0.1) is 0 Å². The number of carbonyl (C=O) groups is 1. The monoisotopic (exact) mass is 386 g/mol. The van der Waals surface area contributed by atoms with E-state index < -0.39 is 0 Å². The lowest BCUT2D eigenvalue weighted by Crippen LogP contribution is -2.42. The molecule has 3 aromatic rings. The third-order valence-corrected chi connectivity index (χ3v) is 5.78. The van der Waals surface area contributed by atoms with Gasteiger partial charge in [-0.25, -0.2) is 4.98 Å². The second kappa shape index (κ2) is 7.64. The number of carbonyl (C=O) groups excluding carboxylic acids is 1. The molecule has 0 bridgehead atoms.